The van der Waals surface area contributed by atoms with Crippen molar-refractivity contribution in [2.24, 2.45) is 5.92 Å². The smallest absolute Gasteiger partial charge is 0.543 e. The van der Waals surface area contributed by atoms with E-state index in [1.807, 2.05) is 6.92 Å². The van der Waals surface area contributed by atoms with Gasteiger partial charge in [0.25, 0.3) is 0 Å². The SMILES string of the molecule is CC[C@H]1C(=O)N2C(C(=O)[O-])=C(S(C)=O)S[C@H]12.[Na+]. The fraction of sp³-hybridized carbons (Fsp3) is 0.556. The minimum absolute atomic E-state index is 0. The van der Waals surface area contributed by atoms with Gasteiger partial charge >= 0.3 is 29.6 Å². The summed E-state index contributed by atoms with van der Waals surface area (Å²) in [5, 5.41) is 10.7. The predicted molar refractivity (Wildman–Crippen MR) is 58.1 cm³/mol. The third kappa shape index (κ3) is 2.23. The molecule has 0 bridgehead atoms. The molecule has 1 saturated heterocycles. The van der Waals surface area contributed by atoms with E-state index in [-0.39, 0.29) is 56.7 Å². The molecule has 8 heteroatoms. The molecule has 88 valence electrons. The Morgan fingerprint density at radius 3 is 2.59 bits per heavy atom. The largest absolute Gasteiger partial charge is 1.00 e. The van der Waals surface area contributed by atoms with Crippen LogP contribution in [0.2, 0.25) is 0 Å². The van der Waals surface area contributed by atoms with Gasteiger partial charge in [0, 0.05) is 6.26 Å². The summed E-state index contributed by atoms with van der Waals surface area (Å²) in [6, 6.07) is 0. The van der Waals surface area contributed by atoms with Crippen molar-refractivity contribution in [1.29, 1.82) is 0 Å². The van der Waals surface area contributed by atoms with Crippen LogP contribution in [-0.2, 0) is 20.4 Å². The first kappa shape index (κ1) is 15.2. The van der Waals surface area contributed by atoms with Crippen molar-refractivity contribution in [3.8, 4) is 0 Å². The second-order valence-electron chi connectivity index (χ2n) is 3.61. The van der Waals surface area contributed by atoms with Crippen LogP contribution in [0.1, 0.15) is 13.3 Å². The molecule has 0 spiro atoms. The van der Waals surface area contributed by atoms with Gasteiger partial charge in [0.05, 0.1) is 38.0 Å². The standard InChI is InChI=1S/C9H11NO4S2.Na/c1-3-4-6(11)10-5(8(12)13)9(16(2)14)15-7(4)10;/h4,7H,3H2,1-2H3,(H,12,13);/q;+1/p-1/t4-,7+,16?;/m0./s1. The second kappa shape index (κ2) is 5.44. The van der Waals surface area contributed by atoms with Crippen molar-refractivity contribution in [3.63, 3.8) is 0 Å². The molecule has 2 heterocycles. The molecular weight excluding hydrogens is 273 g/mol. The van der Waals surface area contributed by atoms with Crippen LogP contribution in [0.3, 0.4) is 0 Å². The molecule has 17 heavy (non-hydrogen) atoms. The zero-order valence-corrected chi connectivity index (χ0v) is 13.4. The van der Waals surface area contributed by atoms with Gasteiger partial charge in [0.1, 0.15) is 0 Å². The number of carbonyl (C=O) groups is 2. The van der Waals surface area contributed by atoms with Crippen LogP contribution in [0.4, 0.5) is 0 Å². The number of carboxylic acid groups (broad SMARTS) is 1. The van der Waals surface area contributed by atoms with E-state index >= 15 is 0 Å². The van der Waals surface area contributed by atoms with Gasteiger partial charge in [-0.25, -0.2) is 0 Å². The van der Waals surface area contributed by atoms with E-state index in [1.54, 1.807) is 0 Å². The summed E-state index contributed by atoms with van der Waals surface area (Å²) in [5.74, 6) is -1.80. The molecule has 0 saturated carbocycles. The molecule has 0 aromatic heterocycles. The summed E-state index contributed by atoms with van der Waals surface area (Å²) in [6.07, 6.45) is 2.07. The van der Waals surface area contributed by atoms with E-state index in [2.05, 4.69) is 0 Å². The molecule has 0 aromatic carbocycles. The summed E-state index contributed by atoms with van der Waals surface area (Å²) in [4.78, 5) is 23.8. The Balaban J connectivity index is 0.00000144. The predicted octanol–water partition coefficient (Wildman–Crippen LogP) is -3.77. The number of carboxylic acids is 1. The molecule has 3 atom stereocenters. The minimum Gasteiger partial charge on any atom is -0.543 e. The third-order valence-electron chi connectivity index (χ3n) is 2.71. The molecule has 0 N–H and O–H groups in total. The molecule has 5 nitrogen and oxygen atoms in total. The number of hydrogen-bond donors (Lipinski definition) is 0. The zero-order chi connectivity index (χ0) is 12.0. The Morgan fingerprint density at radius 2 is 2.18 bits per heavy atom. The number of rotatable bonds is 3. The maximum Gasteiger partial charge on any atom is 1.00 e. The van der Waals surface area contributed by atoms with Gasteiger partial charge in [-0.1, -0.05) is 18.7 Å². The van der Waals surface area contributed by atoms with Gasteiger partial charge in [-0.05, 0) is 6.42 Å². The Labute approximate surface area is 128 Å². The van der Waals surface area contributed by atoms with Gasteiger partial charge in [0.2, 0.25) is 5.91 Å². The maximum atomic E-state index is 11.6. The first-order chi connectivity index (χ1) is 7.49. The molecular formula is C9H10NNaO4S2. The summed E-state index contributed by atoms with van der Waals surface area (Å²) in [7, 11) is -1.40. The fourth-order valence-electron chi connectivity index (χ4n) is 1.92. The molecule has 2 aliphatic heterocycles. The summed E-state index contributed by atoms with van der Waals surface area (Å²) < 4.78 is 11.6. The molecule has 1 amide bonds. The molecule has 0 aliphatic carbocycles. The van der Waals surface area contributed by atoms with Gasteiger partial charge in [-0.15, -0.1) is 0 Å². The van der Waals surface area contributed by atoms with E-state index in [1.165, 1.54) is 22.9 Å². The van der Waals surface area contributed by atoms with E-state index in [4.69, 9.17) is 0 Å². The summed E-state index contributed by atoms with van der Waals surface area (Å²) in [5.41, 5.74) is -0.203. The van der Waals surface area contributed by atoms with Crippen molar-refractivity contribution in [1.82, 2.24) is 4.90 Å². The van der Waals surface area contributed by atoms with Gasteiger partial charge in [-0.3, -0.25) is 13.9 Å². The molecule has 1 unspecified atom stereocenters. The number of amides is 1. The van der Waals surface area contributed by atoms with Crippen LogP contribution in [0.25, 0.3) is 0 Å². The maximum absolute atomic E-state index is 11.6. The average molecular weight is 283 g/mol. The average Bonchev–Trinajstić information content (AvgIpc) is 2.54. The monoisotopic (exact) mass is 283 g/mol. The first-order valence-corrected chi connectivity index (χ1v) is 7.21. The molecule has 1 fully saturated rings. The summed E-state index contributed by atoms with van der Waals surface area (Å²) in [6.45, 7) is 1.88. The van der Waals surface area contributed by atoms with Crippen LogP contribution in [-0.4, -0.2) is 32.6 Å². The molecule has 2 aliphatic rings. The Bertz CT molecular complexity index is 437. The number of aliphatic carboxylic acids is 1. The van der Waals surface area contributed by atoms with Crippen molar-refractivity contribution in [2.75, 3.05) is 6.26 Å². The van der Waals surface area contributed by atoms with Gasteiger partial charge in [0.15, 0.2) is 0 Å². The number of β-lactam (4-membered cyclic amide) rings is 1. The summed E-state index contributed by atoms with van der Waals surface area (Å²) >= 11 is 1.21. The number of nitrogens with zero attached hydrogens (tertiary/aromatic N) is 1. The molecule has 0 aromatic rings. The first-order valence-electron chi connectivity index (χ1n) is 4.77. The third-order valence-corrected chi connectivity index (χ3v) is 5.61. The Morgan fingerprint density at radius 1 is 1.59 bits per heavy atom. The van der Waals surface area contributed by atoms with Crippen molar-refractivity contribution in [3.05, 3.63) is 9.93 Å². The Hall–Kier alpha value is 0.180. The molecule has 0 radical (unpaired) electrons. The van der Waals surface area contributed by atoms with Gasteiger partial charge < -0.3 is 9.90 Å². The molecule has 2 rings (SSSR count). The van der Waals surface area contributed by atoms with Crippen LogP contribution < -0.4 is 34.7 Å². The minimum atomic E-state index is -1.43. The normalized spacial score (nSPS) is 28.4. The van der Waals surface area contributed by atoms with E-state index in [0.717, 1.165) is 0 Å². The zero-order valence-electron chi connectivity index (χ0n) is 9.76. The van der Waals surface area contributed by atoms with E-state index < -0.39 is 16.8 Å². The van der Waals surface area contributed by atoms with Crippen LogP contribution in [0.15, 0.2) is 9.93 Å². The topological polar surface area (TPSA) is 77.5 Å². The van der Waals surface area contributed by atoms with E-state index in [0.29, 0.717) is 6.42 Å². The van der Waals surface area contributed by atoms with Crippen molar-refractivity contribution >= 4 is 34.4 Å². The van der Waals surface area contributed by atoms with Crippen molar-refractivity contribution in [2.45, 2.75) is 18.7 Å². The van der Waals surface area contributed by atoms with Crippen LogP contribution in [0, 0.1) is 5.92 Å². The van der Waals surface area contributed by atoms with E-state index in [9.17, 15) is 18.9 Å². The number of fused-ring (bicyclic) bond motifs is 1. The van der Waals surface area contributed by atoms with Gasteiger partial charge in [-0.2, -0.15) is 0 Å². The van der Waals surface area contributed by atoms with Crippen LogP contribution in [0.5, 0.6) is 0 Å². The number of carbonyl (C=O) groups excluding carboxylic acids is 2. The Kier molecular flexibility index (Phi) is 4.88. The number of hydrogen-bond acceptors (Lipinski definition) is 5. The van der Waals surface area contributed by atoms with Crippen LogP contribution >= 0.6 is 11.8 Å². The quantitative estimate of drug-likeness (QED) is 0.392. The second-order valence-corrected chi connectivity index (χ2v) is 6.31. The van der Waals surface area contributed by atoms with Crippen molar-refractivity contribution < 1.29 is 48.5 Å². The fourth-order valence-corrected chi connectivity index (χ4v) is 4.51. The number of thioether (sulfide) groups is 1.